The predicted molar refractivity (Wildman–Crippen MR) is 79.0 cm³/mol. The lowest BCUT2D eigenvalue weighted by molar-refractivity contribution is -0.122. The van der Waals surface area contributed by atoms with Crippen LogP contribution in [0.2, 0.25) is 0 Å². The number of nitrogens with one attached hydrogen (secondary N) is 2. The van der Waals surface area contributed by atoms with E-state index in [1.165, 1.54) is 6.92 Å². The predicted octanol–water partition coefficient (Wildman–Crippen LogP) is 2.68. The normalized spacial score (nSPS) is 10.2. The molecule has 0 heterocycles. The first-order valence-electron chi connectivity index (χ1n) is 5.79. The molecule has 2 N–H and O–H groups in total. The second-order valence-electron chi connectivity index (χ2n) is 4.10. The van der Waals surface area contributed by atoms with Crippen LogP contribution < -0.4 is 10.6 Å². The van der Waals surface area contributed by atoms with E-state index < -0.39 is 0 Å². The van der Waals surface area contributed by atoms with E-state index in [1.807, 2.05) is 36.4 Å². The van der Waals surface area contributed by atoms with Gasteiger partial charge in [-0.05, 0) is 17.5 Å². The summed E-state index contributed by atoms with van der Waals surface area (Å²) in [5, 5.41) is 7.24. The second-order valence-corrected chi connectivity index (χ2v) is 4.95. The number of benzene rings is 2. The molecule has 19 heavy (non-hydrogen) atoms. The third kappa shape index (κ3) is 3.32. The highest BCUT2D eigenvalue weighted by atomic mass is 79.9. The van der Waals surface area contributed by atoms with Crippen molar-refractivity contribution in [3.8, 4) is 0 Å². The molecule has 0 saturated carbocycles. The van der Waals surface area contributed by atoms with Gasteiger partial charge in [0.05, 0.1) is 6.54 Å². The van der Waals surface area contributed by atoms with Gasteiger partial charge in [0, 0.05) is 22.5 Å². The van der Waals surface area contributed by atoms with Gasteiger partial charge in [0.25, 0.3) is 0 Å². The molecule has 0 aliphatic carbocycles. The summed E-state index contributed by atoms with van der Waals surface area (Å²) in [6.45, 7) is 1.35. The molecule has 2 aromatic rings. The zero-order chi connectivity index (χ0) is 13.8. The van der Waals surface area contributed by atoms with Crippen LogP contribution in [0.25, 0.3) is 10.8 Å². The lowest BCUT2D eigenvalue weighted by Gasteiger charge is -2.10. The molecule has 0 saturated heterocycles. The Kier molecular flexibility index (Phi) is 4.16. The molecule has 0 spiro atoms. The van der Waals surface area contributed by atoms with Crippen LogP contribution >= 0.6 is 15.9 Å². The quantitative estimate of drug-likeness (QED) is 0.913. The van der Waals surface area contributed by atoms with Gasteiger partial charge in [-0.15, -0.1) is 0 Å². The van der Waals surface area contributed by atoms with E-state index >= 15 is 0 Å². The lowest BCUT2D eigenvalue weighted by atomic mass is 10.1. The molecule has 2 amide bonds. The van der Waals surface area contributed by atoms with Gasteiger partial charge in [-0.1, -0.05) is 40.2 Å². The number of anilines is 1. The van der Waals surface area contributed by atoms with E-state index in [1.54, 1.807) is 0 Å². The Hall–Kier alpha value is -1.88. The summed E-state index contributed by atoms with van der Waals surface area (Å²) >= 11 is 3.48. The topological polar surface area (TPSA) is 58.2 Å². The van der Waals surface area contributed by atoms with Crippen molar-refractivity contribution in [1.29, 1.82) is 0 Å². The molecule has 2 rings (SSSR count). The van der Waals surface area contributed by atoms with Crippen LogP contribution in [0.5, 0.6) is 0 Å². The highest BCUT2D eigenvalue weighted by Crippen LogP contribution is 2.29. The number of amides is 2. The van der Waals surface area contributed by atoms with Crippen LogP contribution in [0.4, 0.5) is 5.69 Å². The molecule has 4 nitrogen and oxygen atoms in total. The number of halogens is 1. The van der Waals surface area contributed by atoms with Crippen molar-refractivity contribution in [2.75, 3.05) is 11.9 Å². The van der Waals surface area contributed by atoms with Crippen molar-refractivity contribution in [3.05, 3.63) is 40.9 Å². The minimum Gasteiger partial charge on any atom is -0.347 e. The highest BCUT2D eigenvalue weighted by molar-refractivity contribution is 9.10. The van der Waals surface area contributed by atoms with Crippen molar-refractivity contribution in [1.82, 2.24) is 5.32 Å². The zero-order valence-electron chi connectivity index (χ0n) is 10.4. The van der Waals surface area contributed by atoms with Crippen LogP contribution in [0, 0.1) is 0 Å². The Balaban J connectivity index is 2.24. The van der Waals surface area contributed by atoms with Crippen molar-refractivity contribution >= 4 is 44.2 Å². The monoisotopic (exact) mass is 320 g/mol. The van der Waals surface area contributed by atoms with Crippen molar-refractivity contribution in [2.45, 2.75) is 6.92 Å². The molecule has 0 unspecified atom stereocenters. The van der Waals surface area contributed by atoms with Gasteiger partial charge in [0.15, 0.2) is 0 Å². The maximum Gasteiger partial charge on any atom is 0.243 e. The largest absolute Gasteiger partial charge is 0.347 e. The summed E-state index contributed by atoms with van der Waals surface area (Å²) in [4.78, 5) is 22.5. The van der Waals surface area contributed by atoms with Gasteiger partial charge in [-0.3, -0.25) is 9.59 Å². The number of hydrogen-bond acceptors (Lipinski definition) is 2. The molecule has 0 aromatic heterocycles. The Labute approximate surface area is 119 Å². The van der Waals surface area contributed by atoms with Crippen LogP contribution in [0.3, 0.4) is 0 Å². The van der Waals surface area contributed by atoms with E-state index in [4.69, 9.17) is 0 Å². The van der Waals surface area contributed by atoms with Crippen molar-refractivity contribution < 1.29 is 9.59 Å². The Morgan fingerprint density at radius 1 is 1.11 bits per heavy atom. The number of carbonyl (C=O) groups excluding carboxylic acids is 2. The summed E-state index contributed by atoms with van der Waals surface area (Å²) in [5.41, 5.74) is 0.731. The summed E-state index contributed by atoms with van der Waals surface area (Å²) in [6, 6.07) is 11.5. The number of rotatable bonds is 3. The zero-order valence-corrected chi connectivity index (χ0v) is 12.0. The summed E-state index contributed by atoms with van der Waals surface area (Å²) in [7, 11) is 0. The van der Waals surface area contributed by atoms with Crippen LogP contribution in [-0.4, -0.2) is 18.4 Å². The van der Waals surface area contributed by atoms with E-state index in [-0.39, 0.29) is 18.4 Å². The minimum absolute atomic E-state index is 0.0281. The van der Waals surface area contributed by atoms with Crippen LogP contribution in [-0.2, 0) is 9.59 Å². The number of carbonyl (C=O) groups is 2. The summed E-state index contributed by atoms with van der Waals surface area (Å²) < 4.78 is 0.975. The SMILES string of the molecule is CC(=O)NCC(=O)Nc1ccc(Br)c2ccccc12. The Bertz CT molecular complexity index is 640. The van der Waals surface area contributed by atoms with Crippen molar-refractivity contribution in [3.63, 3.8) is 0 Å². The Morgan fingerprint density at radius 3 is 2.47 bits per heavy atom. The van der Waals surface area contributed by atoms with E-state index in [9.17, 15) is 9.59 Å². The molecular weight excluding hydrogens is 308 g/mol. The Morgan fingerprint density at radius 2 is 1.79 bits per heavy atom. The van der Waals surface area contributed by atoms with Crippen LogP contribution in [0.1, 0.15) is 6.92 Å². The van der Waals surface area contributed by atoms with Crippen molar-refractivity contribution in [2.24, 2.45) is 0 Å². The molecule has 2 aromatic carbocycles. The summed E-state index contributed by atoms with van der Waals surface area (Å²) in [6.07, 6.45) is 0. The van der Waals surface area contributed by atoms with Gasteiger partial charge < -0.3 is 10.6 Å². The van der Waals surface area contributed by atoms with Crippen LogP contribution in [0.15, 0.2) is 40.9 Å². The first kappa shape index (κ1) is 13.5. The molecule has 0 radical (unpaired) electrons. The second kappa shape index (κ2) is 5.84. The maximum atomic E-state index is 11.7. The summed E-state index contributed by atoms with van der Waals surface area (Å²) in [5.74, 6) is -0.474. The highest BCUT2D eigenvalue weighted by Gasteiger charge is 2.07. The fourth-order valence-electron chi connectivity index (χ4n) is 1.77. The molecule has 98 valence electrons. The number of fused-ring (bicyclic) bond motifs is 1. The maximum absolute atomic E-state index is 11.7. The smallest absolute Gasteiger partial charge is 0.243 e. The van der Waals surface area contributed by atoms with Gasteiger partial charge >= 0.3 is 0 Å². The van der Waals surface area contributed by atoms with Gasteiger partial charge in [0.2, 0.25) is 11.8 Å². The van der Waals surface area contributed by atoms with Gasteiger partial charge in [-0.25, -0.2) is 0 Å². The number of hydrogen-bond donors (Lipinski definition) is 2. The minimum atomic E-state index is -0.248. The average molecular weight is 321 g/mol. The fourth-order valence-corrected chi connectivity index (χ4v) is 2.25. The molecule has 5 heteroatoms. The van der Waals surface area contributed by atoms with E-state index in [0.29, 0.717) is 0 Å². The van der Waals surface area contributed by atoms with E-state index in [0.717, 1.165) is 20.9 Å². The molecule has 0 aliphatic heterocycles. The van der Waals surface area contributed by atoms with Gasteiger partial charge in [-0.2, -0.15) is 0 Å². The lowest BCUT2D eigenvalue weighted by Crippen LogP contribution is -2.31. The molecule has 0 atom stereocenters. The third-order valence-corrected chi connectivity index (χ3v) is 3.33. The molecule has 0 fully saturated rings. The first-order chi connectivity index (χ1) is 9.08. The average Bonchev–Trinajstić information content (AvgIpc) is 2.40. The molecule has 0 aliphatic rings. The fraction of sp³-hybridized carbons (Fsp3) is 0.143. The first-order valence-corrected chi connectivity index (χ1v) is 6.59. The third-order valence-electron chi connectivity index (χ3n) is 2.64. The standard InChI is InChI=1S/C14H13BrN2O2/c1-9(18)16-8-14(19)17-13-7-6-12(15)10-4-2-3-5-11(10)13/h2-7H,8H2,1H3,(H,16,18)(H,17,19). The molecular formula is C14H13BrN2O2. The van der Waals surface area contributed by atoms with E-state index in [2.05, 4.69) is 26.6 Å². The van der Waals surface area contributed by atoms with Gasteiger partial charge in [0.1, 0.15) is 0 Å². The molecule has 0 bridgehead atoms.